The van der Waals surface area contributed by atoms with E-state index in [2.05, 4.69) is 37.9 Å². The van der Waals surface area contributed by atoms with E-state index in [4.69, 9.17) is 4.98 Å². The van der Waals surface area contributed by atoms with Gasteiger partial charge < -0.3 is 10.2 Å². The zero-order valence-corrected chi connectivity index (χ0v) is 14.0. The van der Waals surface area contributed by atoms with Crippen molar-refractivity contribution in [3.63, 3.8) is 0 Å². The Morgan fingerprint density at radius 3 is 2.50 bits per heavy atom. The summed E-state index contributed by atoms with van der Waals surface area (Å²) in [6.07, 6.45) is 4.31. The van der Waals surface area contributed by atoms with Crippen molar-refractivity contribution >= 4 is 16.5 Å². The van der Waals surface area contributed by atoms with E-state index >= 15 is 0 Å². The molecule has 1 aromatic rings. The predicted octanol–water partition coefficient (Wildman–Crippen LogP) is 3.58. The SMILES string of the molecule is Cc1nc(N2CC3CCCC3C2)sc1CNC(C)(C)C. The molecular weight excluding hydrogens is 266 g/mol. The Morgan fingerprint density at radius 2 is 1.90 bits per heavy atom. The molecule has 1 aliphatic heterocycles. The molecule has 0 amide bonds. The first-order valence-corrected chi connectivity index (χ1v) is 8.70. The number of nitrogens with one attached hydrogen (secondary N) is 1. The fourth-order valence-corrected chi connectivity index (χ4v) is 4.47. The molecule has 0 bridgehead atoms. The number of aryl methyl sites for hydroxylation is 1. The molecule has 1 saturated heterocycles. The van der Waals surface area contributed by atoms with Crippen molar-refractivity contribution in [2.45, 2.75) is 59.0 Å². The molecule has 4 heteroatoms. The molecule has 2 atom stereocenters. The number of thiazole rings is 1. The summed E-state index contributed by atoms with van der Waals surface area (Å²) in [6.45, 7) is 12.2. The minimum absolute atomic E-state index is 0.168. The number of fused-ring (bicyclic) bond motifs is 1. The lowest BCUT2D eigenvalue weighted by molar-refractivity contribution is 0.425. The molecule has 3 nitrogen and oxygen atoms in total. The van der Waals surface area contributed by atoms with Gasteiger partial charge in [-0.25, -0.2) is 4.98 Å². The van der Waals surface area contributed by atoms with Gasteiger partial charge in [0.1, 0.15) is 0 Å². The third-order valence-electron chi connectivity index (χ3n) is 4.66. The first-order valence-electron chi connectivity index (χ1n) is 7.88. The average molecular weight is 293 g/mol. The Balaban J connectivity index is 1.66. The lowest BCUT2D eigenvalue weighted by Gasteiger charge is -2.20. The maximum atomic E-state index is 4.83. The summed E-state index contributed by atoms with van der Waals surface area (Å²) < 4.78 is 0. The Kier molecular flexibility index (Phi) is 3.80. The highest BCUT2D eigenvalue weighted by Gasteiger charge is 2.37. The van der Waals surface area contributed by atoms with E-state index in [1.165, 1.54) is 48.1 Å². The van der Waals surface area contributed by atoms with Crippen LogP contribution in [-0.4, -0.2) is 23.6 Å². The highest BCUT2D eigenvalue weighted by Crippen LogP contribution is 2.40. The molecule has 2 aliphatic rings. The number of hydrogen-bond donors (Lipinski definition) is 1. The first-order chi connectivity index (χ1) is 9.42. The molecule has 3 rings (SSSR count). The van der Waals surface area contributed by atoms with E-state index in [9.17, 15) is 0 Å². The molecule has 112 valence electrons. The van der Waals surface area contributed by atoms with E-state index in [-0.39, 0.29) is 5.54 Å². The van der Waals surface area contributed by atoms with Crippen molar-refractivity contribution < 1.29 is 0 Å². The Labute approximate surface area is 126 Å². The van der Waals surface area contributed by atoms with Crippen molar-refractivity contribution in [1.82, 2.24) is 10.3 Å². The Bertz CT molecular complexity index is 463. The molecule has 1 aromatic heterocycles. The number of nitrogens with zero attached hydrogens (tertiary/aromatic N) is 2. The van der Waals surface area contributed by atoms with Gasteiger partial charge in [0.15, 0.2) is 5.13 Å². The van der Waals surface area contributed by atoms with E-state index in [0.717, 1.165) is 18.4 Å². The van der Waals surface area contributed by atoms with Crippen LogP contribution in [0.2, 0.25) is 0 Å². The van der Waals surface area contributed by atoms with Crippen LogP contribution >= 0.6 is 11.3 Å². The van der Waals surface area contributed by atoms with Crippen LogP contribution in [0.1, 0.15) is 50.6 Å². The quantitative estimate of drug-likeness (QED) is 0.923. The van der Waals surface area contributed by atoms with E-state index in [1.807, 2.05) is 11.3 Å². The lowest BCUT2D eigenvalue weighted by atomic mass is 10.0. The van der Waals surface area contributed by atoms with Crippen molar-refractivity contribution in [3.05, 3.63) is 10.6 Å². The summed E-state index contributed by atoms with van der Waals surface area (Å²) >= 11 is 1.89. The van der Waals surface area contributed by atoms with Crippen LogP contribution in [0.15, 0.2) is 0 Å². The van der Waals surface area contributed by atoms with Crippen LogP contribution in [0.5, 0.6) is 0 Å². The summed E-state index contributed by atoms with van der Waals surface area (Å²) in [5, 5.41) is 4.83. The third kappa shape index (κ3) is 3.01. The van der Waals surface area contributed by atoms with Crippen molar-refractivity contribution in [2.75, 3.05) is 18.0 Å². The second-order valence-electron chi connectivity index (χ2n) is 7.46. The number of aromatic nitrogens is 1. The normalized spacial score (nSPS) is 26.3. The predicted molar refractivity (Wildman–Crippen MR) is 86.5 cm³/mol. The van der Waals surface area contributed by atoms with Gasteiger partial charge in [0.2, 0.25) is 0 Å². The van der Waals surface area contributed by atoms with Gasteiger partial charge in [-0.2, -0.15) is 0 Å². The van der Waals surface area contributed by atoms with Crippen LogP contribution in [0.4, 0.5) is 5.13 Å². The third-order valence-corrected chi connectivity index (χ3v) is 5.88. The maximum Gasteiger partial charge on any atom is 0.185 e. The van der Waals surface area contributed by atoms with Crippen LogP contribution < -0.4 is 10.2 Å². The van der Waals surface area contributed by atoms with Gasteiger partial charge in [0.25, 0.3) is 0 Å². The zero-order valence-electron chi connectivity index (χ0n) is 13.2. The monoisotopic (exact) mass is 293 g/mol. The van der Waals surface area contributed by atoms with Crippen LogP contribution in [0, 0.1) is 18.8 Å². The van der Waals surface area contributed by atoms with Crippen molar-refractivity contribution in [1.29, 1.82) is 0 Å². The van der Waals surface area contributed by atoms with Gasteiger partial charge in [-0.15, -0.1) is 11.3 Å². The van der Waals surface area contributed by atoms with Gasteiger partial charge in [-0.3, -0.25) is 0 Å². The van der Waals surface area contributed by atoms with Gasteiger partial charge >= 0.3 is 0 Å². The largest absolute Gasteiger partial charge is 0.348 e. The molecule has 0 spiro atoms. The van der Waals surface area contributed by atoms with E-state index in [0.29, 0.717) is 0 Å². The van der Waals surface area contributed by atoms with Gasteiger partial charge in [0, 0.05) is 30.1 Å². The molecule has 2 heterocycles. The molecule has 1 N–H and O–H groups in total. The molecule has 20 heavy (non-hydrogen) atoms. The van der Waals surface area contributed by atoms with Crippen molar-refractivity contribution in [3.8, 4) is 0 Å². The molecule has 1 saturated carbocycles. The molecule has 1 aliphatic carbocycles. The minimum atomic E-state index is 0.168. The molecule has 2 fully saturated rings. The fourth-order valence-electron chi connectivity index (χ4n) is 3.45. The zero-order chi connectivity index (χ0) is 14.3. The van der Waals surface area contributed by atoms with Gasteiger partial charge in [0.05, 0.1) is 5.69 Å². The number of hydrogen-bond acceptors (Lipinski definition) is 4. The summed E-state index contributed by atoms with van der Waals surface area (Å²) in [6, 6.07) is 0. The van der Waals surface area contributed by atoms with Crippen molar-refractivity contribution in [2.24, 2.45) is 11.8 Å². The second-order valence-corrected chi connectivity index (χ2v) is 8.53. The molecule has 2 unspecified atom stereocenters. The second kappa shape index (κ2) is 5.30. The average Bonchev–Trinajstić information content (AvgIpc) is 2.98. The first kappa shape index (κ1) is 14.3. The summed E-state index contributed by atoms with van der Waals surface area (Å²) in [5.74, 6) is 1.88. The van der Waals surface area contributed by atoms with Gasteiger partial charge in [-0.05, 0) is 52.4 Å². The summed E-state index contributed by atoms with van der Waals surface area (Å²) in [4.78, 5) is 8.75. The van der Waals surface area contributed by atoms with Crippen LogP contribution in [0.25, 0.3) is 0 Å². The summed E-state index contributed by atoms with van der Waals surface area (Å²) in [5.41, 5.74) is 1.38. The molecule has 0 aromatic carbocycles. The Morgan fingerprint density at radius 1 is 1.25 bits per heavy atom. The number of rotatable bonds is 3. The fraction of sp³-hybridized carbons (Fsp3) is 0.812. The summed E-state index contributed by atoms with van der Waals surface area (Å²) in [7, 11) is 0. The van der Waals surface area contributed by atoms with Gasteiger partial charge in [-0.1, -0.05) is 6.42 Å². The molecule has 0 radical (unpaired) electrons. The highest BCUT2D eigenvalue weighted by molar-refractivity contribution is 7.15. The topological polar surface area (TPSA) is 28.2 Å². The minimum Gasteiger partial charge on any atom is -0.348 e. The standard InChI is InChI=1S/C16H27N3S/c1-11-14(8-17-16(2,3)4)20-15(18-11)19-9-12-6-5-7-13(12)10-19/h12-13,17H,5-10H2,1-4H3. The van der Waals surface area contributed by atoms with Crippen LogP contribution in [0.3, 0.4) is 0 Å². The lowest BCUT2D eigenvalue weighted by Crippen LogP contribution is -2.34. The van der Waals surface area contributed by atoms with E-state index < -0.39 is 0 Å². The van der Waals surface area contributed by atoms with Crippen LogP contribution in [-0.2, 0) is 6.54 Å². The highest BCUT2D eigenvalue weighted by atomic mass is 32.1. The maximum absolute atomic E-state index is 4.83. The smallest absolute Gasteiger partial charge is 0.185 e. The Hall–Kier alpha value is -0.610. The number of anilines is 1. The molecular formula is C16H27N3S. The van der Waals surface area contributed by atoms with E-state index in [1.54, 1.807) is 0 Å².